The van der Waals surface area contributed by atoms with Crippen LogP contribution in [0.3, 0.4) is 0 Å². The molecule has 0 aliphatic heterocycles. The molecular formula is C23H24N2O2. The highest BCUT2D eigenvalue weighted by Gasteiger charge is 2.12. The molecule has 27 heavy (non-hydrogen) atoms. The van der Waals surface area contributed by atoms with Gasteiger partial charge in [0.1, 0.15) is 0 Å². The first kappa shape index (κ1) is 18.6. The van der Waals surface area contributed by atoms with Crippen molar-refractivity contribution in [3.8, 4) is 0 Å². The third-order valence-corrected chi connectivity index (χ3v) is 4.64. The molecular weight excluding hydrogens is 336 g/mol. The molecule has 2 amide bonds. The first-order valence-corrected chi connectivity index (χ1v) is 9.27. The van der Waals surface area contributed by atoms with Crippen molar-refractivity contribution in [1.29, 1.82) is 0 Å². The number of benzene rings is 3. The van der Waals surface area contributed by atoms with Crippen LogP contribution in [0.1, 0.15) is 29.8 Å². The largest absolute Gasteiger partial charge is 0.339 e. The van der Waals surface area contributed by atoms with Gasteiger partial charge < -0.3 is 10.2 Å². The fourth-order valence-electron chi connectivity index (χ4n) is 3.13. The summed E-state index contributed by atoms with van der Waals surface area (Å²) in [6, 6.07) is 21.2. The number of hydrogen-bond acceptors (Lipinski definition) is 2. The Morgan fingerprint density at radius 2 is 1.52 bits per heavy atom. The van der Waals surface area contributed by atoms with Gasteiger partial charge in [-0.1, -0.05) is 42.5 Å². The van der Waals surface area contributed by atoms with Gasteiger partial charge in [0.2, 0.25) is 5.91 Å². The zero-order valence-corrected chi connectivity index (χ0v) is 15.7. The van der Waals surface area contributed by atoms with Crippen molar-refractivity contribution in [3.63, 3.8) is 0 Å². The van der Waals surface area contributed by atoms with Crippen LogP contribution < -0.4 is 5.32 Å². The second kappa shape index (κ2) is 8.49. The molecule has 138 valence electrons. The topological polar surface area (TPSA) is 49.4 Å². The van der Waals surface area contributed by atoms with E-state index in [1.165, 1.54) is 0 Å². The lowest BCUT2D eigenvalue weighted by molar-refractivity contribution is -0.115. The second-order valence-corrected chi connectivity index (χ2v) is 6.46. The molecule has 0 bridgehead atoms. The average Bonchev–Trinajstić information content (AvgIpc) is 2.69. The van der Waals surface area contributed by atoms with Gasteiger partial charge in [-0.25, -0.2) is 0 Å². The van der Waals surface area contributed by atoms with Crippen LogP contribution in [0.25, 0.3) is 10.8 Å². The smallest absolute Gasteiger partial charge is 0.253 e. The van der Waals surface area contributed by atoms with E-state index in [1.54, 1.807) is 29.2 Å². The van der Waals surface area contributed by atoms with Crippen molar-refractivity contribution >= 4 is 28.3 Å². The Labute approximate surface area is 159 Å². The van der Waals surface area contributed by atoms with E-state index < -0.39 is 0 Å². The summed E-state index contributed by atoms with van der Waals surface area (Å²) in [6.45, 7) is 5.28. The highest BCUT2D eigenvalue weighted by molar-refractivity contribution is 5.96. The van der Waals surface area contributed by atoms with Crippen LogP contribution in [0.2, 0.25) is 0 Å². The van der Waals surface area contributed by atoms with Crippen molar-refractivity contribution < 1.29 is 9.59 Å². The van der Waals surface area contributed by atoms with Gasteiger partial charge in [0.05, 0.1) is 6.42 Å². The molecule has 0 aromatic heterocycles. The minimum absolute atomic E-state index is 0.00837. The Morgan fingerprint density at radius 3 is 2.19 bits per heavy atom. The van der Waals surface area contributed by atoms with Gasteiger partial charge in [0.25, 0.3) is 5.91 Å². The Hall–Kier alpha value is -3.14. The van der Waals surface area contributed by atoms with Crippen molar-refractivity contribution in [3.05, 3.63) is 77.9 Å². The molecule has 0 spiro atoms. The van der Waals surface area contributed by atoms with Gasteiger partial charge in [-0.2, -0.15) is 0 Å². The van der Waals surface area contributed by atoms with Crippen LogP contribution in [0.15, 0.2) is 66.7 Å². The summed E-state index contributed by atoms with van der Waals surface area (Å²) < 4.78 is 0. The van der Waals surface area contributed by atoms with Gasteiger partial charge in [-0.3, -0.25) is 9.59 Å². The van der Waals surface area contributed by atoms with Crippen LogP contribution in [0.5, 0.6) is 0 Å². The molecule has 0 aliphatic rings. The predicted octanol–water partition coefficient (Wildman–Crippen LogP) is 4.50. The lowest BCUT2D eigenvalue weighted by Crippen LogP contribution is -2.30. The van der Waals surface area contributed by atoms with E-state index in [2.05, 4.69) is 11.4 Å². The molecule has 0 unspecified atom stereocenters. The SMILES string of the molecule is CCN(CC)C(=O)c1ccc(NC(=O)Cc2ccc3ccccc3c2)cc1. The molecule has 0 heterocycles. The summed E-state index contributed by atoms with van der Waals surface area (Å²) in [6.07, 6.45) is 0.310. The number of rotatable bonds is 6. The van der Waals surface area contributed by atoms with Crippen LogP contribution in [0, 0.1) is 0 Å². The molecule has 0 saturated carbocycles. The number of anilines is 1. The quantitative estimate of drug-likeness (QED) is 0.703. The standard InChI is InChI=1S/C23H24N2O2/c1-3-25(4-2)23(27)19-11-13-21(14-12-19)24-22(26)16-17-9-10-18-7-5-6-8-20(18)15-17/h5-15H,3-4,16H2,1-2H3,(H,24,26). The zero-order valence-electron chi connectivity index (χ0n) is 15.7. The third-order valence-electron chi connectivity index (χ3n) is 4.64. The molecule has 3 aromatic rings. The summed E-state index contributed by atoms with van der Waals surface area (Å²) >= 11 is 0. The van der Waals surface area contributed by atoms with E-state index in [0.29, 0.717) is 30.8 Å². The minimum atomic E-state index is -0.0758. The number of carbonyl (C=O) groups is 2. The van der Waals surface area contributed by atoms with Crippen LogP contribution >= 0.6 is 0 Å². The zero-order chi connectivity index (χ0) is 19.2. The van der Waals surface area contributed by atoms with Gasteiger partial charge in [-0.05, 0) is 54.4 Å². The number of nitrogens with one attached hydrogen (secondary N) is 1. The summed E-state index contributed by atoms with van der Waals surface area (Å²) in [5.41, 5.74) is 2.29. The minimum Gasteiger partial charge on any atom is -0.339 e. The second-order valence-electron chi connectivity index (χ2n) is 6.46. The Bertz CT molecular complexity index is 944. The Kier molecular flexibility index (Phi) is 5.87. The maximum Gasteiger partial charge on any atom is 0.253 e. The average molecular weight is 360 g/mol. The van der Waals surface area contributed by atoms with Crippen LogP contribution in [-0.2, 0) is 11.2 Å². The molecule has 0 saturated heterocycles. The van der Waals surface area contributed by atoms with Crippen molar-refractivity contribution in [2.24, 2.45) is 0 Å². The fraction of sp³-hybridized carbons (Fsp3) is 0.217. The van der Waals surface area contributed by atoms with Gasteiger partial charge >= 0.3 is 0 Å². The van der Waals surface area contributed by atoms with E-state index in [1.807, 2.05) is 50.2 Å². The highest BCUT2D eigenvalue weighted by Crippen LogP contribution is 2.17. The predicted molar refractivity (Wildman–Crippen MR) is 110 cm³/mol. The van der Waals surface area contributed by atoms with E-state index in [9.17, 15) is 9.59 Å². The number of amides is 2. The van der Waals surface area contributed by atoms with Crippen LogP contribution in [-0.4, -0.2) is 29.8 Å². The molecule has 3 rings (SSSR count). The van der Waals surface area contributed by atoms with Crippen molar-refractivity contribution in [1.82, 2.24) is 4.90 Å². The molecule has 0 fully saturated rings. The Balaban J connectivity index is 1.64. The normalized spacial score (nSPS) is 10.6. The first-order valence-electron chi connectivity index (χ1n) is 9.27. The van der Waals surface area contributed by atoms with Crippen molar-refractivity contribution in [2.45, 2.75) is 20.3 Å². The third kappa shape index (κ3) is 4.53. The highest BCUT2D eigenvalue weighted by atomic mass is 16.2. The summed E-state index contributed by atoms with van der Waals surface area (Å²) in [4.78, 5) is 26.4. The lowest BCUT2D eigenvalue weighted by atomic mass is 10.0. The van der Waals surface area contributed by atoms with Gasteiger partial charge in [0, 0.05) is 24.3 Å². The maximum absolute atomic E-state index is 12.4. The summed E-state index contributed by atoms with van der Waals surface area (Å²) in [5, 5.41) is 5.19. The molecule has 0 atom stereocenters. The number of carbonyl (C=O) groups excluding carboxylic acids is 2. The number of hydrogen-bond donors (Lipinski definition) is 1. The summed E-state index contributed by atoms with van der Waals surface area (Å²) in [5.74, 6) is -0.0675. The lowest BCUT2D eigenvalue weighted by Gasteiger charge is -2.18. The monoisotopic (exact) mass is 360 g/mol. The molecule has 0 radical (unpaired) electrons. The maximum atomic E-state index is 12.4. The number of nitrogens with zero attached hydrogens (tertiary/aromatic N) is 1. The molecule has 4 heteroatoms. The molecule has 0 aliphatic carbocycles. The van der Waals surface area contributed by atoms with Crippen LogP contribution in [0.4, 0.5) is 5.69 Å². The number of fused-ring (bicyclic) bond motifs is 1. The van der Waals surface area contributed by atoms with Crippen molar-refractivity contribution in [2.75, 3.05) is 18.4 Å². The molecule has 1 N–H and O–H groups in total. The Morgan fingerprint density at radius 1 is 0.852 bits per heavy atom. The summed E-state index contributed by atoms with van der Waals surface area (Å²) in [7, 11) is 0. The molecule has 3 aromatic carbocycles. The van der Waals surface area contributed by atoms with E-state index in [-0.39, 0.29) is 11.8 Å². The van der Waals surface area contributed by atoms with E-state index >= 15 is 0 Å². The van der Waals surface area contributed by atoms with Gasteiger partial charge in [-0.15, -0.1) is 0 Å². The first-order chi connectivity index (χ1) is 13.1. The molecule has 4 nitrogen and oxygen atoms in total. The van der Waals surface area contributed by atoms with E-state index in [4.69, 9.17) is 0 Å². The fourth-order valence-corrected chi connectivity index (χ4v) is 3.13. The van der Waals surface area contributed by atoms with E-state index in [0.717, 1.165) is 16.3 Å². The van der Waals surface area contributed by atoms with Gasteiger partial charge in [0.15, 0.2) is 0 Å².